The molecule has 4 aliphatic rings. The van der Waals surface area contributed by atoms with Crippen LogP contribution in [-0.4, -0.2) is 105 Å². The Labute approximate surface area is 411 Å². The monoisotopic (exact) mass is 978 g/mol. The van der Waals surface area contributed by atoms with Crippen LogP contribution in [0.1, 0.15) is 87.3 Å². The highest BCUT2D eigenvalue weighted by Gasteiger charge is 2.50. The molecule has 1 unspecified atom stereocenters. The number of nitrogens with one attached hydrogen (secondary N) is 2. The molecule has 3 aromatic heterocycles. The minimum Gasteiger partial charge on any atom is -0.478 e. The molecular weight excluding hydrogens is 917 g/mol. The van der Waals surface area contributed by atoms with Gasteiger partial charge in [-0.3, -0.25) is 19.4 Å². The molecule has 3 aliphatic heterocycles. The summed E-state index contributed by atoms with van der Waals surface area (Å²) in [5.74, 6) is -0.582. The molecular formula is C53H62F4N10O4. The van der Waals surface area contributed by atoms with E-state index in [-0.39, 0.29) is 52.6 Å². The number of nitrogens with zero attached hydrogens (tertiary/aromatic N) is 8. The van der Waals surface area contributed by atoms with Crippen LogP contribution in [0.3, 0.4) is 0 Å². The Kier molecular flexibility index (Phi) is 13.2. The number of benzene rings is 2. The highest BCUT2D eigenvalue weighted by Crippen LogP contribution is 2.44. The number of fused-ring (bicyclic) bond motifs is 3. The van der Waals surface area contributed by atoms with E-state index in [1.165, 1.54) is 30.5 Å². The van der Waals surface area contributed by atoms with Crippen LogP contribution >= 0.6 is 0 Å². The summed E-state index contributed by atoms with van der Waals surface area (Å²) in [5.41, 5.74) is 4.43. The van der Waals surface area contributed by atoms with E-state index >= 15 is 0 Å². The molecule has 1 aliphatic carbocycles. The zero-order chi connectivity index (χ0) is 50.7. The molecule has 2 saturated heterocycles. The smallest absolute Gasteiger partial charge is 0.398 e. The van der Waals surface area contributed by atoms with Gasteiger partial charge < -0.3 is 34.8 Å². The number of rotatable bonds is 12. The Morgan fingerprint density at radius 2 is 1.77 bits per heavy atom. The molecule has 0 saturated carbocycles. The van der Waals surface area contributed by atoms with Gasteiger partial charge in [-0.15, -0.1) is 0 Å². The molecule has 2 fully saturated rings. The maximum atomic E-state index is 14.8. The summed E-state index contributed by atoms with van der Waals surface area (Å²) in [6, 6.07) is 13.7. The van der Waals surface area contributed by atoms with E-state index in [2.05, 4.69) is 74.1 Å². The summed E-state index contributed by atoms with van der Waals surface area (Å²) < 4.78 is 64.4. The first-order valence-corrected chi connectivity index (χ1v) is 24.2. The van der Waals surface area contributed by atoms with E-state index in [1.54, 1.807) is 29.4 Å². The molecule has 18 heteroatoms. The number of hydrogen-bond donors (Lipinski definition) is 3. The molecule has 2 amide bonds. The SMILES string of the molecule is C=CC(=O)Nc1cc(Nc2nc(-c3ccnc(N4CCn5c(cc6c5CC(C)(C)C6)C4=O)c3CO)cnc2OC)ccc1N1CCN(C2CCN(c3ccc(F)c(C(C)(C)C(F)(F)F)c3)[C@@H](C)C2)C[C@@H]1C. The van der Waals surface area contributed by atoms with Crippen LogP contribution in [0.25, 0.3) is 11.3 Å². The largest absolute Gasteiger partial charge is 0.478 e. The Bertz CT molecular complexity index is 2880. The molecule has 0 radical (unpaired) electrons. The normalized spacial score (nSPS) is 20.4. The van der Waals surface area contributed by atoms with Gasteiger partial charge >= 0.3 is 6.18 Å². The van der Waals surface area contributed by atoms with Crippen molar-refractivity contribution < 1.29 is 37.0 Å². The predicted molar refractivity (Wildman–Crippen MR) is 267 cm³/mol. The van der Waals surface area contributed by atoms with E-state index < -0.39 is 24.0 Å². The molecule has 376 valence electrons. The maximum Gasteiger partial charge on any atom is 0.398 e. The zero-order valence-electron chi connectivity index (χ0n) is 41.3. The van der Waals surface area contributed by atoms with Gasteiger partial charge in [-0.2, -0.15) is 13.2 Å². The maximum absolute atomic E-state index is 14.8. The van der Waals surface area contributed by atoms with Crippen molar-refractivity contribution in [3.05, 3.63) is 107 Å². The first kappa shape index (κ1) is 49.5. The van der Waals surface area contributed by atoms with Gasteiger partial charge in [0.15, 0.2) is 5.82 Å². The fraction of sp³-hybridized carbons (Fsp3) is 0.453. The highest BCUT2D eigenvalue weighted by molar-refractivity contribution is 6.06. The van der Waals surface area contributed by atoms with E-state index in [9.17, 15) is 32.3 Å². The average Bonchev–Trinajstić information content (AvgIpc) is 3.83. The van der Waals surface area contributed by atoms with Crippen LogP contribution < -0.4 is 30.1 Å². The second kappa shape index (κ2) is 18.9. The van der Waals surface area contributed by atoms with Crippen molar-refractivity contribution in [2.75, 3.05) is 65.2 Å². The van der Waals surface area contributed by atoms with Crippen molar-refractivity contribution >= 4 is 46.2 Å². The number of alkyl halides is 3. The molecule has 0 spiro atoms. The zero-order valence-corrected chi connectivity index (χ0v) is 41.3. The number of pyridine rings is 1. The number of aromatic nitrogens is 4. The van der Waals surface area contributed by atoms with Crippen molar-refractivity contribution in [3.63, 3.8) is 0 Å². The number of halogens is 4. The van der Waals surface area contributed by atoms with Gasteiger partial charge in [-0.05, 0) is 119 Å². The summed E-state index contributed by atoms with van der Waals surface area (Å²) in [7, 11) is 1.49. The highest BCUT2D eigenvalue weighted by atomic mass is 19.4. The first-order valence-electron chi connectivity index (χ1n) is 24.2. The Hall–Kier alpha value is -6.53. The predicted octanol–water partition coefficient (Wildman–Crippen LogP) is 9.04. The summed E-state index contributed by atoms with van der Waals surface area (Å²) in [6.07, 6.45) is 3.16. The number of carbonyl (C=O) groups is 2. The number of piperazine rings is 1. The van der Waals surface area contributed by atoms with Gasteiger partial charge in [0.05, 0.1) is 42.4 Å². The number of methoxy groups -OCH3 is 1. The van der Waals surface area contributed by atoms with E-state index in [0.29, 0.717) is 71.6 Å². The number of carbonyl (C=O) groups excluding carboxylic acids is 2. The van der Waals surface area contributed by atoms with Crippen molar-refractivity contribution in [3.8, 4) is 17.1 Å². The number of ether oxygens (including phenoxy) is 1. The number of aliphatic hydroxyl groups excluding tert-OH is 1. The van der Waals surface area contributed by atoms with Gasteiger partial charge in [0, 0.05) is 97.3 Å². The van der Waals surface area contributed by atoms with Crippen LogP contribution in [0.2, 0.25) is 0 Å². The third-order valence-electron chi connectivity index (χ3n) is 15.0. The molecule has 6 heterocycles. The lowest BCUT2D eigenvalue weighted by Gasteiger charge is -2.48. The Morgan fingerprint density at radius 3 is 2.48 bits per heavy atom. The van der Waals surface area contributed by atoms with Gasteiger partial charge in [0.2, 0.25) is 5.91 Å². The topological polar surface area (TPSA) is 144 Å². The minimum atomic E-state index is -4.61. The van der Waals surface area contributed by atoms with Crippen molar-refractivity contribution in [2.45, 2.75) is 110 Å². The summed E-state index contributed by atoms with van der Waals surface area (Å²) >= 11 is 0. The third-order valence-corrected chi connectivity index (χ3v) is 15.0. The fourth-order valence-corrected chi connectivity index (χ4v) is 11.1. The van der Waals surface area contributed by atoms with Crippen molar-refractivity contribution in [1.82, 2.24) is 24.4 Å². The fourth-order valence-electron chi connectivity index (χ4n) is 11.1. The van der Waals surface area contributed by atoms with Crippen LogP contribution in [0.5, 0.6) is 5.88 Å². The quantitative estimate of drug-likeness (QED) is 0.0814. The van der Waals surface area contributed by atoms with Crippen molar-refractivity contribution in [2.24, 2.45) is 5.41 Å². The lowest BCUT2D eigenvalue weighted by atomic mass is 9.83. The molecule has 9 rings (SSSR count). The average molecular weight is 979 g/mol. The van der Waals surface area contributed by atoms with Crippen LogP contribution in [-0.2, 0) is 36.2 Å². The molecule has 0 bridgehead atoms. The minimum absolute atomic E-state index is 0.00585. The first-order chi connectivity index (χ1) is 33.7. The lowest BCUT2D eigenvalue weighted by Crippen LogP contribution is -2.58. The van der Waals surface area contributed by atoms with E-state index in [1.807, 2.05) is 24.3 Å². The molecule has 14 nitrogen and oxygen atoms in total. The summed E-state index contributed by atoms with van der Waals surface area (Å²) in [4.78, 5) is 49.5. The molecule has 3 atom stereocenters. The van der Waals surface area contributed by atoms with E-state index in [0.717, 1.165) is 64.4 Å². The molecule has 71 heavy (non-hydrogen) atoms. The van der Waals surface area contributed by atoms with Gasteiger partial charge in [0.1, 0.15) is 17.3 Å². The van der Waals surface area contributed by atoms with Crippen LogP contribution in [0.15, 0.2) is 73.6 Å². The Balaban J connectivity index is 0.910. The standard InChI is InChI=1S/C53H62F4N10O4/c1-9-46(69)61-41-24-34(10-13-43(41)65-19-18-63(29-32(65)3)35-15-17-64(31(2)22-35)36-11-12-40(54)39(25-36)52(6,7)53(55,56)57)60-47-49(71-8)59-28-42(62-47)37-14-16-58-48(38(37)30-68)67-21-20-66-44(50(67)70)23-33-26-51(4,5)27-45(33)66/h9-14,16,23-25,28,31-32,35,68H,1,15,17-22,26-27,29-30H2,2-8H3,(H,60,62)(H,61,69)/t31-,32-,35?/m0/s1. The molecule has 2 aromatic carbocycles. The lowest BCUT2D eigenvalue weighted by molar-refractivity contribution is -0.180. The summed E-state index contributed by atoms with van der Waals surface area (Å²) in [5, 5.41) is 17.2. The van der Waals surface area contributed by atoms with Crippen LogP contribution in [0, 0.1) is 11.2 Å². The second-order valence-corrected chi connectivity index (χ2v) is 20.7. The second-order valence-electron chi connectivity index (χ2n) is 20.7. The number of hydrogen-bond acceptors (Lipinski definition) is 11. The number of amides is 2. The van der Waals surface area contributed by atoms with Crippen molar-refractivity contribution in [1.29, 1.82) is 0 Å². The number of anilines is 6. The number of piperidine rings is 1. The van der Waals surface area contributed by atoms with Gasteiger partial charge in [0.25, 0.3) is 11.8 Å². The number of aliphatic hydroxyl groups is 1. The van der Waals surface area contributed by atoms with Gasteiger partial charge in [-0.1, -0.05) is 20.4 Å². The third kappa shape index (κ3) is 9.31. The molecule has 5 aromatic rings. The Morgan fingerprint density at radius 1 is 0.986 bits per heavy atom. The van der Waals surface area contributed by atoms with Crippen LogP contribution in [0.4, 0.5) is 51.9 Å². The summed E-state index contributed by atoms with van der Waals surface area (Å²) in [6.45, 7) is 17.7. The van der Waals surface area contributed by atoms with E-state index in [4.69, 9.17) is 9.72 Å². The van der Waals surface area contributed by atoms with Gasteiger partial charge in [-0.25, -0.2) is 19.3 Å². The molecule has 3 N–H and O–H groups in total.